The first-order chi connectivity index (χ1) is 13.2. The maximum Gasteiger partial charge on any atom is 0.387 e. The number of carbonyl (C=O) groups is 1. The van der Waals surface area contributed by atoms with Crippen LogP contribution in [0.15, 0.2) is 18.2 Å². The zero-order valence-corrected chi connectivity index (χ0v) is 15.9. The number of carbonyl (C=O) groups excluding carboxylic acids is 1. The van der Waals surface area contributed by atoms with Crippen molar-refractivity contribution in [2.45, 2.75) is 38.0 Å². The Hall–Kier alpha value is -2.01. The van der Waals surface area contributed by atoms with E-state index in [0.717, 1.165) is 12.1 Å². The van der Waals surface area contributed by atoms with E-state index in [9.17, 15) is 26.4 Å². The first-order valence-corrected chi connectivity index (χ1v) is 10.8. The first-order valence-electron chi connectivity index (χ1n) is 8.98. The predicted octanol–water partition coefficient (Wildman–Crippen LogP) is 2.20. The molecule has 0 saturated carbocycles. The number of alkyl halides is 2. The van der Waals surface area contributed by atoms with Gasteiger partial charge >= 0.3 is 12.6 Å². The fraction of sp³-hybridized carbons (Fsp3) is 0.588. The maximum atomic E-state index is 13.3. The molecule has 0 aliphatic carbocycles. The number of ether oxygens (including phenoxy) is 1. The molecular weight excluding hydrogens is 399 g/mol. The summed E-state index contributed by atoms with van der Waals surface area (Å²) in [4.78, 5) is 13.9. The Kier molecular flexibility index (Phi) is 6.33. The van der Waals surface area contributed by atoms with Crippen LogP contribution >= 0.6 is 0 Å². The topological polar surface area (TPSA) is 87.7 Å². The average Bonchev–Trinajstić information content (AvgIpc) is 2.96. The van der Waals surface area contributed by atoms with Crippen molar-refractivity contribution in [3.8, 4) is 5.75 Å². The monoisotopic (exact) mass is 421 g/mol. The lowest BCUT2D eigenvalue weighted by atomic mass is 10.0. The highest BCUT2D eigenvalue weighted by molar-refractivity contribution is 7.91. The van der Waals surface area contributed by atoms with Crippen molar-refractivity contribution in [3.05, 3.63) is 24.0 Å². The van der Waals surface area contributed by atoms with Crippen molar-refractivity contribution in [2.24, 2.45) is 0 Å². The second-order valence-corrected chi connectivity index (χ2v) is 9.21. The number of benzene rings is 1. The summed E-state index contributed by atoms with van der Waals surface area (Å²) < 4.78 is 65.5. The number of nitrogens with one attached hydrogen (secondary N) is 2. The molecule has 2 amide bonds. The molecule has 28 heavy (non-hydrogen) atoms. The maximum absolute atomic E-state index is 13.3. The first kappa shape index (κ1) is 20.7. The van der Waals surface area contributed by atoms with Crippen LogP contribution in [-0.2, 0) is 9.84 Å². The average molecular weight is 421 g/mol. The third-order valence-electron chi connectivity index (χ3n) is 4.89. The second kappa shape index (κ2) is 8.56. The van der Waals surface area contributed by atoms with E-state index in [1.54, 1.807) is 0 Å². The number of likely N-dealkylation sites (tertiary alicyclic amines) is 1. The van der Waals surface area contributed by atoms with Crippen molar-refractivity contribution >= 4 is 21.6 Å². The Bertz CT molecular complexity index is 814. The van der Waals surface area contributed by atoms with Crippen LogP contribution in [0.2, 0.25) is 0 Å². The van der Waals surface area contributed by atoms with Gasteiger partial charge in [0.05, 0.1) is 17.2 Å². The molecule has 11 heteroatoms. The smallest absolute Gasteiger partial charge is 0.387 e. The summed E-state index contributed by atoms with van der Waals surface area (Å²) in [6.07, 6.45) is 1.89. The number of urea groups is 1. The highest BCUT2D eigenvalue weighted by atomic mass is 32.2. The summed E-state index contributed by atoms with van der Waals surface area (Å²) >= 11 is 0. The normalized spacial score (nSPS) is 22.4. The van der Waals surface area contributed by atoms with Crippen molar-refractivity contribution < 1.29 is 31.1 Å². The molecule has 3 rings (SSSR count). The molecule has 1 atom stereocenters. The largest absolute Gasteiger partial charge is 0.432 e. The van der Waals surface area contributed by atoms with Gasteiger partial charge in [-0.3, -0.25) is 0 Å². The van der Waals surface area contributed by atoms with E-state index in [1.165, 1.54) is 11.0 Å². The van der Waals surface area contributed by atoms with Crippen molar-refractivity contribution in [1.29, 1.82) is 0 Å². The van der Waals surface area contributed by atoms with E-state index in [2.05, 4.69) is 15.4 Å². The number of hydrogen-bond donors (Lipinski definition) is 2. The number of piperidine rings is 1. The molecule has 1 aromatic carbocycles. The van der Waals surface area contributed by atoms with Crippen LogP contribution in [0.1, 0.15) is 19.3 Å². The molecule has 1 aromatic rings. The lowest BCUT2D eigenvalue weighted by Gasteiger charge is -2.33. The van der Waals surface area contributed by atoms with E-state index in [0.29, 0.717) is 32.4 Å². The Morgan fingerprint density at radius 3 is 2.50 bits per heavy atom. The predicted molar refractivity (Wildman–Crippen MR) is 96.8 cm³/mol. The molecule has 156 valence electrons. The third kappa shape index (κ3) is 5.51. The Morgan fingerprint density at radius 1 is 1.18 bits per heavy atom. The number of anilines is 1. The molecule has 2 aliphatic heterocycles. The van der Waals surface area contributed by atoms with Gasteiger partial charge in [-0.25, -0.2) is 17.6 Å². The van der Waals surface area contributed by atoms with Crippen molar-refractivity contribution in [2.75, 3.05) is 29.9 Å². The molecule has 2 saturated heterocycles. The fourth-order valence-electron chi connectivity index (χ4n) is 3.50. The van der Waals surface area contributed by atoms with Gasteiger partial charge in [-0.15, -0.1) is 0 Å². The molecule has 2 aliphatic rings. The standard InChI is InChI=1S/C17H22F3N3O4S/c18-11-1-2-14(15(9-11)27-16(19)20)22-17(24)23-6-3-12(4-7-23)21-13-5-8-28(25,26)10-13/h1-2,9,12-13,16,21H,3-8,10H2,(H,22,24)/t13-/m1/s1. The van der Waals surface area contributed by atoms with Crippen LogP contribution in [-0.4, -0.2) is 62.6 Å². The number of amides is 2. The molecule has 0 unspecified atom stereocenters. The fourth-order valence-corrected chi connectivity index (χ4v) is 5.18. The molecule has 0 spiro atoms. The summed E-state index contributed by atoms with van der Waals surface area (Å²) in [5.41, 5.74) is -0.0388. The summed E-state index contributed by atoms with van der Waals surface area (Å²) in [6, 6.07) is 2.56. The van der Waals surface area contributed by atoms with E-state index >= 15 is 0 Å². The van der Waals surface area contributed by atoms with E-state index < -0.39 is 34.0 Å². The molecule has 7 nitrogen and oxygen atoms in total. The summed E-state index contributed by atoms with van der Waals surface area (Å²) in [7, 11) is -2.95. The molecule has 0 aromatic heterocycles. The van der Waals surface area contributed by atoms with E-state index in [4.69, 9.17) is 0 Å². The Morgan fingerprint density at radius 2 is 1.89 bits per heavy atom. The minimum Gasteiger partial charge on any atom is -0.432 e. The molecule has 2 fully saturated rings. The van der Waals surface area contributed by atoms with Crippen molar-refractivity contribution in [1.82, 2.24) is 10.2 Å². The highest BCUT2D eigenvalue weighted by Crippen LogP contribution is 2.27. The van der Waals surface area contributed by atoms with Crippen LogP contribution in [0.5, 0.6) is 5.75 Å². The lowest BCUT2D eigenvalue weighted by Crippen LogP contribution is -2.49. The van der Waals surface area contributed by atoms with Crippen LogP contribution in [0, 0.1) is 5.82 Å². The molecular formula is C17H22F3N3O4S. The van der Waals surface area contributed by atoms with Gasteiger partial charge in [0, 0.05) is 31.2 Å². The number of nitrogens with zero attached hydrogens (tertiary/aromatic N) is 1. The van der Waals surface area contributed by atoms with Crippen molar-refractivity contribution in [3.63, 3.8) is 0 Å². The number of halogens is 3. The van der Waals surface area contributed by atoms with Crippen LogP contribution in [0.3, 0.4) is 0 Å². The highest BCUT2D eigenvalue weighted by Gasteiger charge is 2.31. The number of rotatable bonds is 5. The summed E-state index contributed by atoms with van der Waals surface area (Å²) in [6.45, 7) is -2.29. The lowest BCUT2D eigenvalue weighted by molar-refractivity contribution is -0.0495. The summed E-state index contributed by atoms with van der Waals surface area (Å²) in [5, 5.41) is 5.81. The zero-order valence-electron chi connectivity index (χ0n) is 15.0. The van der Waals surface area contributed by atoms with Gasteiger partial charge in [-0.2, -0.15) is 8.78 Å². The minimum absolute atomic E-state index is 0.0388. The number of hydrogen-bond acceptors (Lipinski definition) is 5. The molecule has 2 N–H and O–H groups in total. The molecule has 2 heterocycles. The minimum atomic E-state index is -3.14. The van der Waals surface area contributed by atoms with Crippen LogP contribution < -0.4 is 15.4 Å². The van der Waals surface area contributed by atoms with Gasteiger partial charge in [-0.05, 0) is 31.4 Å². The Labute approximate surface area is 161 Å². The van der Waals surface area contributed by atoms with Gasteiger partial charge < -0.3 is 20.3 Å². The van der Waals surface area contributed by atoms with Gasteiger partial charge in [0.15, 0.2) is 15.6 Å². The number of sulfone groups is 1. The Balaban J connectivity index is 1.52. The van der Waals surface area contributed by atoms with Crippen LogP contribution in [0.25, 0.3) is 0 Å². The van der Waals surface area contributed by atoms with Gasteiger partial charge in [0.1, 0.15) is 5.82 Å². The summed E-state index contributed by atoms with van der Waals surface area (Å²) in [5.74, 6) is -0.852. The molecule has 0 radical (unpaired) electrons. The third-order valence-corrected chi connectivity index (χ3v) is 6.66. The van der Waals surface area contributed by atoms with Crippen LogP contribution in [0.4, 0.5) is 23.7 Å². The quantitative estimate of drug-likeness (QED) is 0.761. The SMILES string of the molecule is O=C(Nc1ccc(F)cc1OC(F)F)N1CCC(N[C@@H]2CCS(=O)(=O)C2)CC1. The zero-order chi connectivity index (χ0) is 20.3. The second-order valence-electron chi connectivity index (χ2n) is 6.98. The van der Waals surface area contributed by atoms with Gasteiger partial charge in [-0.1, -0.05) is 0 Å². The van der Waals surface area contributed by atoms with E-state index in [1.807, 2.05) is 0 Å². The van der Waals surface area contributed by atoms with E-state index in [-0.39, 0.29) is 29.3 Å². The van der Waals surface area contributed by atoms with Gasteiger partial charge in [0.25, 0.3) is 0 Å². The molecule has 0 bridgehead atoms. The van der Waals surface area contributed by atoms with Gasteiger partial charge in [0.2, 0.25) is 0 Å².